The van der Waals surface area contributed by atoms with Crippen molar-refractivity contribution in [2.45, 2.75) is 45.5 Å². The number of carboxylic acids is 1. The molecule has 82 valence electrons. The standard InChI is InChI=1S/C8H10F2O2.C2H6/c9-8(10)3-7(4-8)1-5(2-7)6(11)12;1-2/h5H,1-4H2,(H,11,12);1-2H3. The third-order valence-corrected chi connectivity index (χ3v) is 2.98. The SMILES string of the molecule is CC.O=C(O)C1CC2(C1)CC(F)(F)C2. The molecule has 2 fully saturated rings. The van der Waals surface area contributed by atoms with E-state index in [2.05, 4.69) is 0 Å². The Balaban J connectivity index is 0.000000461. The number of alkyl halides is 2. The zero-order chi connectivity index (χ0) is 11.0. The van der Waals surface area contributed by atoms with Gasteiger partial charge in [-0.2, -0.15) is 0 Å². The lowest BCUT2D eigenvalue weighted by Crippen LogP contribution is -2.55. The van der Waals surface area contributed by atoms with Crippen LogP contribution in [0.2, 0.25) is 0 Å². The molecule has 4 heteroatoms. The topological polar surface area (TPSA) is 37.3 Å². The van der Waals surface area contributed by atoms with Crippen LogP contribution in [0, 0.1) is 11.3 Å². The van der Waals surface area contributed by atoms with Crippen LogP contribution in [0.1, 0.15) is 39.5 Å². The third-order valence-electron chi connectivity index (χ3n) is 2.98. The maximum atomic E-state index is 12.4. The highest BCUT2D eigenvalue weighted by molar-refractivity contribution is 5.71. The van der Waals surface area contributed by atoms with Gasteiger partial charge in [0.15, 0.2) is 0 Å². The van der Waals surface area contributed by atoms with Crippen LogP contribution in [-0.2, 0) is 4.79 Å². The molecule has 0 unspecified atom stereocenters. The quantitative estimate of drug-likeness (QED) is 0.716. The highest BCUT2D eigenvalue weighted by Gasteiger charge is 2.62. The van der Waals surface area contributed by atoms with Gasteiger partial charge in [-0.1, -0.05) is 13.8 Å². The smallest absolute Gasteiger partial charge is 0.306 e. The lowest BCUT2D eigenvalue weighted by atomic mass is 9.50. The Morgan fingerprint density at radius 2 is 1.71 bits per heavy atom. The summed E-state index contributed by atoms with van der Waals surface area (Å²) in [6.45, 7) is 4.00. The Morgan fingerprint density at radius 1 is 1.29 bits per heavy atom. The molecule has 2 aliphatic rings. The first-order valence-electron chi connectivity index (χ1n) is 5.03. The molecule has 0 radical (unpaired) electrons. The molecule has 2 saturated carbocycles. The molecule has 0 bridgehead atoms. The molecule has 0 atom stereocenters. The first-order chi connectivity index (χ1) is 6.43. The van der Waals surface area contributed by atoms with Crippen LogP contribution in [0.15, 0.2) is 0 Å². The van der Waals surface area contributed by atoms with Crippen LogP contribution in [0.25, 0.3) is 0 Å². The zero-order valence-electron chi connectivity index (χ0n) is 8.52. The van der Waals surface area contributed by atoms with Gasteiger partial charge in [0.1, 0.15) is 0 Å². The van der Waals surface area contributed by atoms with Crippen LogP contribution in [0.5, 0.6) is 0 Å². The highest BCUT2D eigenvalue weighted by atomic mass is 19.3. The number of rotatable bonds is 1. The molecule has 2 rings (SSSR count). The van der Waals surface area contributed by atoms with Gasteiger partial charge in [-0.15, -0.1) is 0 Å². The van der Waals surface area contributed by atoms with E-state index in [-0.39, 0.29) is 24.2 Å². The van der Waals surface area contributed by atoms with Crippen molar-refractivity contribution in [1.82, 2.24) is 0 Å². The molecule has 0 aromatic heterocycles. The van der Waals surface area contributed by atoms with Crippen LogP contribution in [0.3, 0.4) is 0 Å². The van der Waals surface area contributed by atoms with Gasteiger partial charge in [-0.3, -0.25) is 4.79 Å². The van der Waals surface area contributed by atoms with Crippen molar-refractivity contribution < 1.29 is 18.7 Å². The normalized spacial score (nSPS) is 26.9. The van der Waals surface area contributed by atoms with E-state index in [1.54, 1.807) is 0 Å². The molecule has 0 saturated heterocycles. The summed E-state index contributed by atoms with van der Waals surface area (Å²) in [5.41, 5.74) is -0.299. The Bertz CT molecular complexity index is 222. The minimum Gasteiger partial charge on any atom is -0.481 e. The van der Waals surface area contributed by atoms with Crippen molar-refractivity contribution in [3.63, 3.8) is 0 Å². The van der Waals surface area contributed by atoms with Crippen molar-refractivity contribution in [2.75, 3.05) is 0 Å². The van der Waals surface area contributed by atoms with Gasteiger partial charge in [-0.25, -0.2) is 8.78 Å². The molecule has 2 aliphatic carbocycles. The number of aliphatic carboxylic acids is 1. The molecule has 14 heavy (non-hydrogen) atoms. The van der Waals surface area contributed by atoms with Crippen molar-refractivity contribution in [1.29, 1.82) is 0 Å². The summed E-state index contributed by atoms with van der Waals surface area (Å²) in [5.74, 6) is -3.71. The first kappa shape index (κ1) is 11.4. The fourth-order valence-electron chi connectivity index (χ4n) is 2.49. The van der Waals surface area contributed by atoms with E-state index < -0.39 is 11.9 Å². The van der Waals surface area contributed by atoms with Crippen molar-refractivity contribution >= 4 is 5.97 Å². The van der Waals surface area contributed by atoms with Crippen LogP contribution >= 0.6 is 0 Å². The largest absolute Gasteiger partial charge is 0.481 e. The molecule has 1 N–H and O–H groups in total. The molecular weight excluding hydrogens is 190 g/mol. The van der Waals surface area contributed by atoms with Gasteiger partial charge in [0.25, 0.3) is 0 Å². The lowest BCUT2D eigenvalue weighted by Gasteiger charge is -2.56. The van der Waals surface area contributed by atoms with E-state index in [9.17, 15) is 13.6 Å². The number of hydrogen-bond acceptors (Lipinski definition) is 1. The van der Waals surface area contributed by atoms with Crippen molar-refractivity contribution in [3.05, 3.63) is 0 Å². The van der Waals surface area contributed by atoms with E-state index in [1.807, 2.05) is 13.8 Å². The van der Waals surface area contributed by atoms with E-state index in [0.29, 0.717) is 12.8 Å². The van der Waals surface area contributed by atoms with Crippen molar-refractivity contribution in [2.24, 2.45) is 11.3 Å². The number of hydrogen-bond donors (Lipinski definition) is 1. The van der Waals surface area contributed by atoms with Gasteiger partial charge < -0.3 is 5.11 Å². The molecule has 0 heterocycles. The molecule has 0 aliphatic heterocycles. The maximum absolute atomic E-state index is 12.4. The molecule has 0 aromatic carbocycles. The maximum Gasteiger partial charge on any atom is 0.306 e. The number of carboxylic acid groups (broad SMARTS) is 1. The van der Waals surface area contributed by atoms with Crippen LogP contribution in [0.4, 0.5) is 8.78 Å². The van der Waals surface area contributed by atoms with E-state index >= 15 is 0 Å². The minimum absolute atomic E-state index is 0.0935. The van der Waals surface area contributed by atoms with Crippen LogP contribution < -0.4 is 0 Å². The monoisotopic (exact) mass is 206 g/mol. The average molecular weight is 206 g/mol. The lowest BCUT2D eigenvalue weighted by molar-refractivity contribution is -0.212. The second kappa shape index (κ2) is 3.48. The molecule has 1 spiro atoms. The second-order valence-electron chi connectivity index (χ2n) is 4.15. The summed E-state index contributed by atoms with van der Waals surface area (Å²) >= 11 is 0. The first-order valence-corrected chi connectivity index (χ1v) is 5.03. The van der Waals surface area contributed by atoms with Gasteiger partial charge in [0.2, 0.25) is 5.92 Å². The Morgan fingerprint density at radius 3 is 2.00 bits per heavy atom. The minimum atomic E-state index is -2.51. The summed E-state index contributed by atoms with van der Waals surface area (Å²) < 4.78 is 24.9. The summed E-state index contributed by atoms with van der Waals surface area (Å²) in [6.07, 6.45) is 0.726. The summed E-state index contributed by atoms with van der Waals surface area (Å²) in [5, 5.41) is 8.53. The number of halogens is 2. The zero-order valence-corrected chi connectivity index (χ0v) is 8.52. The highest BCUT2D eigenvalue weighted by Crippen LogP contribution is 2.64. The predicted molar refractivity (Wildman–Crippen MR) is 48.3 cm³/mol. The fourth-order valence-corrected chi connectivity index (χ4v) is 2.49. The van der Waals surface area contributed by atoms with Gasteiger partial charge in [0.05, 0.1) is 5.92 Å². The molecule has 2 nitrogen and oxygen atoms in total. The number of carbonyl (C=O) groups is 1. The van der Waals surface area contributed by atoms with Crippen molar-refractivity contribution in [3.8, 4) is 0 Å². The summed E-state index contributed by atoms with van der Waals surface area (Å²) in [4.78, 5) is 10.4. The summed E-state index contributed by atoms with van der Waals surface area (Å²) in [6, 6.07) is 0. The third kappa shape index (κ3) is 1.88. The average Bonchev–Trinajstić information content (AvgIpc) is 1.98. The molecule has 0 aromatic rings. The Labute approximate surface area is 82.3 Å². The van der Waals surface area contributed by atoms with Gasteiger partial charge >= 0.3 is 5.97 Å². The van der Waals surface area contributed by atoms with E-state index in [0.717, 1.165) is 0 Å². The fraction of sp³-hybridized carbons (Fsp3) is 0.900. The second-order valence-corrected chi connectivity index (χ2v) is 4.15. The molecular formula is C10H16F2O2. The summed E-state index contributed by atoms with van der Waals surface area (Å²) in [7, 11) is 0. The van der Waals surface area contributed by atoms with Gasteiger partial charge in [0, 0.05) is 12.8 Å². The predicted octanol–water partition coefficient (Wildman–Crippen LogP) is 2.92. The Hall–Kier alpha value is -0.670. The van der Waals surface area contributed by atoms with E-state index in [1.165, 1.54) is 0 Å². The van der Waals surface area contributed by atoms with E-state index in [4.69, 9.17) is 5.11 Å². The van der Waals surface area contributed by atoms with Gasteiger partial charge in [-0.05, 0) is 18.3 Å². The molecule has 0 amide bonds. The van der Waals surface area contributed by atoms with Crippen LogP contribution in [-0.4, -0.2) is 17.0 Å². The Kier molecular flexibility index (Phi) is 2.83.